The maximum absolute atomic E-state index is 11.1. The van der Waals surface area contributed by atoms with Crippen molar-refractivity contribution in [1.82, 2.24) is 0 Å². The smallest absolute Gasteiger partial charge is 0.122 e. The van der Waals surface area contributed by atoms with Crippen molar-refractivity contribution in [1.29, 1.82) is 0 Å². The Labute approximate surface area is 125 Å². The molecule has 3 heteroatoms. The summed E-state index contributed by atoms with van der Waals surface area (Å²) in [4.78, 5) is 0. The quantitative estimate of drug-likeness (QED) is 0.910. The van der Waals surface area contributed by atoms with Gasteiger partial charge in [0.15, 0.2) is 0 Å². The number of nitrogens with two attached hydrogens (primary N) is 1. The van der Waals surface area contributed by atoms with Gasteiger partial charge in [0.05, 0.1) is 12.7 Å². The lowest BCUT2D eigenvalue weighted by Gasteiger charge is -2.25. The summed E-state index contributed by atoms with van der Waals surface area (Å²) < 4.78 is 5.43. The van der Waals surface area contributed by atoms with E-state index in [-0.39, 0.29) is 6.04 Å². The predicted molar refractivity (Wildman–Crippen MR) is 83.3 cm³/mol. The minimum absolute atomic E-state index is 0.109. The molecule has 3 rings (SSSR count). The summed E-state index contributed by atoms with van der Waals surface area (Å²) in [6.45, 7) is 2.04. The van der Waals surface area contributed by atoms with E-state index in [2.05, 4.69) is 6.07 Å². The number of hydrogen-bond acceptors (Lipinski definition) is 3. The molecule has 0 bridgehead atoms. The van der Waals surface area contributed by atoms with Crippen LogP contribution in [-0.2, 0) is 12.0 Å². The highest BCUT2D eigenvalue weighted by Gasteiger charge is 2.41. The molecule has 110 valence electrons. The summed E-state index contributed by atoms with van der Waals surface area (Å²) >= 11 is 0. The van der Waals surface area contributed by atoms with E-state index in [1.807, 2.05) is 43.3 Å². The molecule has 2 aromatic rings. The number of benzene rings is 2. The topological polar surface area (TPSA) is 55.5 Å². The molecule has 0 amide bonds. The van der Waals surface area contributed by atoms with Crippen LogP contribution in [0.5, 0.6) is 5.75 Å². The largest absolute Gasteiger partial charge is 0.496 e. The van der Waals surface area contributed by atoms with Crippen LogP contribution >= 0.6 is 0 Å². The molecular formula is C18H21NO2. The van der Waals surface area contributed by atoms with Gasteiger partial charge in [-0.3, -0.25) is 0 Å². The number of hydrogen-bond donors (Lipinski definition) is 2. The Morgan fingerprint density at radius 3 is 2.81 bits per heavy atom. The zero-order chi connectivity index (χ0) is 15.0. The lowest BCUT2D eigenvalue weighted by Crippen LogP contribution is -2.26. The van der Waals surface area contributed by atoms with E-state index < -0.39 is 5.60 Å². The molecule has 21 heavy (non-hydrogen) atoms. The fraction of sp³-hybridized carbons (Fsp3) is 0.333. The lowest BCUT2D eigenvalue weighted by atomic mass is 9.88. The number of ether oxygens (including phenoxy) is 1. The Bertz CT molecular complexity index is 668. The normalized spacial score (nSPS) is 23.9. The maximum atomic E-state index is 11.1. The van der Waals surface area contributed by atoms with Gasteiger partial charge in [0.2, 0.25) is 0 Å². The van der Waals surface area contributed by atoms with Gasteiger partial charge in [0.25, 0.3) is 0 Å². The Morgan fingerprint density at radius 2 is 2.05 bits per heavy atom. The second-order valence-corrected chi connectivity index (χ2v) is 5.92. The summed E-state index contributed by atoms with van der Waals surface area (Å²) in [5.74, 6) is 0.812. The number of fused-ring (bicyclic) bond motifs is 1. The first-order valence-electron chi connectivity index (χ1n) is 7.24. The van der Waals surface area contributed by atoms with Gasteiger partial charge in [-0.05, 0) is 36.1 Å². The van der Waals surface area contributed by atoms with Gasteiger partial charge in [0.1, 0.15) is 5.75 Å². The van der Waals surface area contributed by atoms with Crippen LogP contribution in [0.2, 0.25) is 0 Å². The molecule has 0 radical (unpaired) electrons. The van der Waals surface area contributed by atoms with Gasteiger partial charge < -0.3 is 15.6 Å². The van der Waals surface area contributed by atoms with E-state index in [1.165, 1.54) is 0 Å². The summed E-state index contributed by atoms with van der Waals surface area (Å²) in [6.07, 6.45) is 1.06. The first-order valence-corrected chi connectivity index (χ1v) is 7.24. The Hall–Kier alpha value is -1.84. The van der Waals surface area contributed by atoms with Crippen LogP contribution in [0.3, 0.4) is 0 Å². The second kappa shape index (κ2) is 5.17. The summed E-state index contributed by atoms with van der Waals surface area (Å²) in [5.41, 5.74) is 9.43. The van der Waals surface area contributed by atoms with Crippen LogP contribution in [0.15, 0.2) is 42.5 Å². The predicted octanol–water partition coefficient (Wildman–Crippen LogP) is 2.84. The Balaban J connectivity index is 2.01. The van der Waals surface area contributed by atoms with Crippen molar-refractivity contribution in [2.75, 3.05) is 7.11 Å². The van der Waals surface area contributed by atoms with Crippen molar-refractivity contribution >= 4 is 0 Å². The van der Waals surface area contributed by atoms with Crippen LogP contribution in [0.25, 0.3) is 0 Å². The van der Waals surface area contributed by atoms with Crippen molar-refractivity contribution in [3.8, 4) is 5.75 Å². The molecule has 2 atom stereocenters. The third kappa shape index (κ3) is 2.43. The van der Waals surface area contributed by atoms with Crippen LogP contribution in [0, 0.1) is 6.92 Å². The van der Waals surface area contributed by atoms with E-state index in [9.17, 15) is 5.11 Å². The Morgan fingerprint density at radius 1 is 1.29 bits per heavy atom. The first kappa shape index (κ1) is 14.1. The van der Waals surface area contributed by atoms with Crippen LogP contribution < -0.4 is 10.5 Å². The molecule has 0 aromatic heterocycles. The summed E-state index contributed by atoms with van der Waals surface area (Å²) in [6, 6.07) is 13.8. The van der Waals surface area contributed by atoms with Crippen LogP contribution in [-0.4, -0.2) is 12.2 Å². The molecule has 0 fully saturated rings. The van der Waals surface area contributed by atoms with Crippen LogP contribution in [0.4, 0.5) is 0 Å². The minimum atomic E-state index is -0.920. The van der Waals surface area contributed by atoms with Gasteiger partial charge in [-0.25, -0.2) is 0 Å². The van der Waals surface area contributed by atoms with Gasteiger partial charge in [-0.15, -0.1) is 0 Å². The average Bonchev–Trinajstić information content (AvgIpc) is 2.71. The van der Waals surface area contributed by atoms with Gasteiger partial charge in [-0.1, -0.05) is 42.0 Å². The van der Waals surface area contributed by atoms with Gasteiger partial charge in [-0.2, -0.15) is 0 Å². The number of aliphatic hydroxyl groups is 1. The minimum Gasteiger partial charge on any atom is -0.496 e. The third-order valence-corrected chi connectivity index (χ3v) is 4.34. The molecule has 1 aliphatic rings. The van der Waals surface area contributed by atoms with E-state index in [0.717, 1.165) is 28.0 Å². The highest BCUT2D eigenvalue weighted by Crippen LogP contribution is 2.44. The van der Waals surface area contributed by atoms with Crippen molar-refractivity contribution in [3.05, 3.63) is 64.7 Å². The van der Waals surface area contributed by atoms with Crippen molar-refractivity contribution in [2.45, 2.75) is 31.4 Å². The van der Waals surface area contributed by atoms with E-state index in [0.29, 0.717) is 12.8 Å². The molecule has 0 spiro atoms. The highest BCUT2D eigenvalue weighted by atomic mass is 16.5. The lowest BCUT2D eigenvalue weighted by molar-refractivity contribution is 0.0336. The standard InChI is InChI=1S/C18H21NO2/c1-12-7-8-17(21-2)13(9-12)10-18(20)11-16(19)14-5-3-4-6-15(14)18/h3-9,16,20H,10-11,19H2,1-2H3. The zero-order valence-electron chi connectivity index (χ0n) is 12.5. The highest BCUT2D eigenvalue weighted by molar-refractivity contribution is 5.44. The Kier molecular flexibility index (Phi) is 3.47. The molecule has 0 heterocycles. The van der Waals surface area contributed by atoms with E-state index in [4.69, 9.17) is 10.5 Å². The molecule has 0 aliphatic heterocycles. The molecule has 0 saturated carbocycles. The average molecular weight is 283 g/mol. The second-order valence-electron chi connectivity index (χ2n) is 5.92. The molecule has 3 nitrogen and oxygen atoms in total. The molecule has 1 aliphatic carbocycles. The number of rotatable bonds is 3. The number of methoxy groups -OCH3 is 1. The van der Waals surface area contributed by atoms with Gasteiger partial charge in [0, 0.05) is 12.5 Å². The molecule has 2 aromatic carbocycles. The zero-order valence-corrected chi connectivity index (χ0v) is 12.5. The fourth-order valence-electron chi connectivity index (χ4n) is 3.36. The number of aryl methyl sites for hydroxylation is 1. The summed E-state index contributed by atoms with van der Waals surface area (Å²) in [5, 5.41) is 11.1. The maximum Gasteiger partial charge on any atom is 0.122 e. The van der Waals surface area contributed by atoms with Crippen molar-refractivity contribution in [3.63, 3.8) is 0 Å². The van der Waals surface area contributed by atoms with E-state index in [1.54, 1.807) is 7.11 Å². The first-order chi connectivity index (χ1) is 10.0. The van der Waals surface area contributed by atoms with Crippen LogP contribution in [0.1, 0.15) is 34.7 Å². The molecular weight excluding hydrogens is 262 g/mol. The van der Waals surface area contributed by atoms with Gasteiger partial charge >= 0.3 is 0 Å². The van der Waals surface area contributed by atoms with E-state index >= 15 is 0 Å². The molecule has 2 unspecified atom stereocenters. The van der Waals surface area contributed by atoms with Crippen molar-refractivity contribution in [2.24, 2.45) is 5.73 Å². The summed E-state index contributed by atoms with van der Waals surface area (Å²) in [7, 11) is 1.66. The van der Waals surface area contributed by atoms with Crippen molar-refractivity contribution < 1.29 is 9.84 Å². The SMILES string of the molecule is COc1ccc(C)cc1CC1(O)CC(N)c2ccccc21. The molecule has 3 N–H and O–H groups in total. The monoisotopic (exact) mass is 283 g/mol. The fourth-order valence-corrected chi connectivity index (χ4v) is 3.36. The third-order valence-electron chi connectivity index (χ3n) is 4.34. The molecule has 0 saturated heterocycles.